The van der Waals surface area contributed by atoms with Crippen LogP contribution in [0.15, 0.2) is 24.3 Å². The molecule has 1 unspecified atom stereocenters. The van der Waals surface area contributed by atoms with Crippen LogP contribution in [0.2, 0.25) is 0 Å². The number of halogens is 3. The van der Waals surface area contributed by atoms with Crippen molar-refractivity contribution in [3.8, 4) is 0 Å². The van der Waals surface area contributed by atoms with Crippen LogP contribution in [0, 0.1) is 0 Å². The smallest absolute Gasteiger partial charge is 0.396 e. The number of aliphatic hydroxyl groups is 1. The van der Waals surface area contributed by atoms with Gasteiger partial charge in [0.25, 0.3) is 0 Å². The minimum absolute atomic E-state index is 0.0591. The first kappa shape index (κ1) is 13.0. The predicted molar refractivity (Wildman–Crippen MR) is 53.1 cm³/mol. The summed E-state index contributed by atoms with van der Waals surface area (Å²) in [5, 5.41) is 9.05. The van der Waals surface area contributed by atoms with Crippen molar-refractivity contribution in [1.29, 1.82) is 0 Å². The predicted octanol–water partition coefficient (Wildman–Crippen LogP) is 2.43. The molecule has 0 aliphatic heterocycles. The zero-order chi connectivity index (χ0) is 12.2. The third-order valence-corrected chi connectivity index (χ3v) is 2.29. The van der Waals surface area contributed by atoms with Crippen molar-refractivity contribution < 1.29 is 23.0 Å². The highest BCUT2D eigenvalue weighted by molar-refractivity contribution is 5.32. The Labute approximate surface area is 91.7 Å². The fraction of sp³-hybridized carbons (Fsp3) is 0.455. The zero-order valence-corrected chi connectivity index (χ0v) is 8.79. The Morgan fingerprint density at radius 1 is 1.31 bits per heavy atom. The maximum Gasteiger partial charge on any atom is 0.416 e. The molecule has 0 saturated heterocycles. The lowest BCUT2D eigenvalue weighted by molar-refractivity contribution is -0.138. The van der Waals surface area contributed by atoms with Gasteiger partial charge in [-0.15, -0.1) is 0 Å². The van der Waals surface area contributed by atoms with Crippen LogP contribution >= 0.6 is 0 Å². The molecule has 1 rings (SSSR count). The standard InChI is InChI=1S/C11H13F3O2/c1-16-7-8(6-15)9-4-2-3-5-10(9)11(12,13)14/h2-5,8,15H,6-7H2,1H3. The van der Waals surface area contributed by atoms with Crippen LogP contribution < -0.4 is 0 Å². The second-order valence-corrected chi connectivity index (χ2v) is 3.42. The molecule has 0 aliphatic carbocycles. The maximum atomic E-state index is 12.7. The molecule has 1 N–H and O–H groups in total. The molecule has 0 aliphatic rings. The van der Waals surface area contributed by atoms with Crippen LogP contribution in [0.1, 0.15) is 17.0 Å². The monoisotopic (exact) mass is 234 g/mol. The summed E-state index contributed by atoms with van der Waals surface area (Å²) in [6.45, 7) is -0.315. The van der Waals surface area contributed by atoms with Gasteiger partial charge in [0.05, 0.1) is 18.8 Å². The highest BCUT2D eigenvalue weighted by Crippen LogP contribution is 2.35. The third-order valence-electron chi connectivity index (χ3n) is 2.29. The number of aliphatic hydroxyl groups excluding tert-OH is 1. The molecular weight excluding hydrogens is 221 g/mol. The Hall–Kier alpha value is -1.07. The van der Waals surface area contributed by atoms with Gasteiger partial charge in [-0.05, 0) is 11.6 Å². The van der Waals surface area contributed by atoms with Crippen molar-refractivity contribution in [3.63, 3.8) is 0 Å². The average molecular weight is 234 g/mol. The fourth-order valence-electron chi connectivity index (χ4n) is 1.55. The van der Waals surface area contributed by atoms with Crippen LogP contribution in [0.3, 0.4) is 0 Å². The molecule has 16 heavy (non-hydrogen) atoms. The van der Waals surface area contributed by atoms with Crippen molar-refractivity contribution in [1.82, 2.24) is 0 Å². The second kappa shape index (κ2) is 5.32. The number of rotatable bonds is 4. The molecule has 0 radical (unpaired) electrons. The summed E-state index contributed by atoms with van der Waals surface area (Å²) in [7, 11) is 1.39. The summed E-state index contributed by atoms with van der Waals surface area (Å²) in [5.41, 5.74) is -0.648. The van der Waals surface area contributed by atoms with Crippen LogP contribution in [0.5, 0.6) is 0 Å². The van der Waals surface area contributed by atoms with Gasteiger partial charge in [0, 0.05) is 13.0 Å². The number of alkyl halides is 3. The lowest BCUT2D eigenvalue weighted by Crippen LogP contribution is -2.17. The molecule has 0 heterocycles. The van der Waals surface area contributed by atoms with E-state index < -0.39 is 17.7 Å². The van der Waals surface area contributed by atoms with E-state index >= 15 is 0 Å². The lowest BCUT2D eigenvalue weighted by atomic mass is 9.95. The van der Waals surface area contributed by atoms with E-state index in [0.717, 1.165) is 6.07 Å². The summed E-state index contributed by atoms with van der Waals surface area (Å²) >= 11 is 0. The minimum atomic E-state index is -4.41. The highest BCUT2D eigenvalue weighted by atomic mass is 19.4. The molecule has 0 fully saturated rings. The van der Waals surface area contributed by atoms with Crippen LogP contribution in [-0.4, -0.2) is 25.4 Å². The van der Waals surface area contributed by atoms with Gasteiger partial charge in [0.2, 0.25) is 0 Å². The van der Waals surface area contributed by atoms with Gasteiger partial charge >= 0.3 is 6.18 Å². The van der Waals surface area contributed by atoms with Crippen molar-refractivity contribution in [2.45, 2.75) is 12.1 Å². The van der Waals surface area contributed by atoms with E-state index in [4.69, 9.17) is 9.84 Å². The first-order valence-corrected chi connectivity index (χ1v) is 4.76. The summed E-state index contributed by atoms with van der Waals surface area (Å²) in [6, 6.07) is 5.22. The number of hydrogen-bond acceptors (Lipinski definition) is 2. The molecule has 0 bridgehead atoms. The topological polar surface area (TPSA) is 29.5 Å². The largest absolute Gasteiger partial charge is 0.416 e. The molecule has 0 saturated carbocycles. The number of benzene rings is 1. The van der Waals surface area contributed by atoms with Crippen LogP contribution in [-0.2, 0) is 10.9 Å². The van der Waals surface area contributed by atoms with E-state index in [1.807, 2.05) is 0 Å². The molecule has 90 valence electrons. The quantitative estimate of drug-likeness (QED) is 0.867. The SMILES string of the molecule is COCC(CO)c1ccccc1C(F)(F)F. The zero-order valence-electron chi connectivity index (χ0n) is 8.79. The Balaban J connectivity index is 3.11. The first-order valence-electron chi connectivity index (χ1n) is 4.76. The Bertz CT molecular complexity index is 336. The summed E-state index contributed by atoms with van der Waals surface area (Å²) in [5.74, 6) is -0.650. The van der Waals surface area contributed by atoms with Crippen molar-refractivity contribution in [3.05, 3.63) is 35.4 Å². The molecule has 2 nitrogen and oxygen atoms in total. The lowest BCUT2D eigenvalue weighted by Gasteiger charge is -2.19. The van der Waals surface area contributed by atoms with E-state index in [-0.39, 0.29) is 18.8 Å². The number of ether oxygens (including phenoxy) is 1. The van der Waals surface area contributed by atoms with Gasteiger partial charge in [0.15, 0.2) is 0 Å². The molecule has 0 amide bonds. The molecule has 1 aromatic rings. The average Bonchev–Trinajstić information content (AvgIpc) is 2.25. The number of methoxy groups -OCH3 is 1. The second-order valence-electron chi connectivity index (χ2n) is 3.42. The van der Waals surface area contributed by atoms with Gasteiger partial charge in [-0.3, -0.25) is 0 Å². The summed E-state index contributed by atoms with van der Waals surface area (Å²) < 4.78 is 42.8. The molecule has 5 heteroatoms. The molecule has 0 aromatic heterocycles. The van der Waals surface area contributed by atoms with Crippen LogP contribution in [0.4, 0.5) is 13.2 Å². The Morgan fingerprint density at radius 2 is 1.94 bits per heavy atom. The highest BCUT2D eigenvalue weighted by Gasteiger charge is 2.34. The maximum absolute atomic E-state index is 12.7. The molecule has 1 atom stereocenters. The van der Waals surface area contributed by atoms with Gasteiger partial charge in [-0.2, -0.15) is 13.2 Å². The molecular formula is C11H13F3O2. The summed E-state index contributed by atoms with van der Waals surface area (Å²) in [4.78, 5) is 0. The minimum Gasteiger partial charge on any atom is -0.396 e. The van der Waals surface area contributed by atoms with Crippen LogP contribution in [0.25, 0.3) is 0 Å². The fourth-order valence-corrected chi connectivity index (χ4v) is 1.55. The van der Waals surface area contributed by atoms with E-state index in [1.165, 1.54) is 25.3 Å². The summed E-state index contributed by atoms with van der Waals surface area (Å²) in [6.07, 6.45) is -4.41. The van der Waals surface area contributed by atoms with E-state index in [9.17, 15) is 13.2 Å². The van der Waals surface area contributed by atoms with Gasteiger partial charge in [0.1, 0.15) is 0 Å². The third kappa shape index (κ3) is 2.96. The Kier molecular flexibility index (Phi) is 4.32. The van der Waals surface area contributed by atoms with Crippen molar-refractivity contribution in [2.75, 3.05) is 20.3 Å². The van der Waals surface area contributed by atoms with Gasteiger partial charge < -0.3 is 9.84 Å². The van der Waals surface area contributed by atoms with Gasteiger partial charge in [-0.25, -0.2) is 0 Å². The van der Waals surface area contributed by atoms with Crippen molar-refractivity contribution >= 4 is 0 Å². The normalized spacial score (nSPS) is 13.8. The number of hydrogen-bond donors (Lipinski definition) is 1. The molecule has 0 spiro atoms. The van der Waals surface area contributed by atoms with Gasteiger partial charge in [-0.1, -0.05) is 18.2 Å². The Morgan fingerprint density at radius 3 is 2.44 bits per heavy atom. The molecule has 1 aromatic carbocycles. The van der Waals surface area contributed by atoms with E-state index in [0.29, 0.717) is 0 Å². The van der Waals surface area contributed by atoms with E-state index in [1.54, 1.807) is 0 Å². The first-order chi connectivity index (χ1) is 7.50. The van der Waals surface area contributed by atoms with Crippen molar-refractivity contribution in [2.24, 2.45) is 0 Å². The van der Waals surface area contributed by atoms with E-state index in [2.05, 4.69) is 0 Å².